The highest BCUT2D eigenvalue weighted by atomic mass is 32.2. The first-order valence-corrected chi connectivity index (χ1v) is 9.83. The van der Waals surface area contributed by atoms with E-state index in [-0.39, 0.29) is 0 Å². The Hall–Kier alpha value is -0.910. The molecule has 0 spiro atoms. The summed E-state index contributed by atoms with van der Waals surface area (Å²) in [5.74, 6) is 2.60. The number of nitrogens with zero attached hydrogens (tertiary/aromatic N) is 3. The first kappa shape index (κ1) is 14.7. The molecule has 2 saturated heterocycles. The van der Waals surface area contributed by atoms with Gasteiger partial charge >= 0.3 is 0 Å². The van der Waals surface area contributed by atoms with Crippen molar-refractivity contribution in [2.45, 2.75) is 30.2 Å². The monoisotopic (exact) mass is 331 g/mol. The van der Waals surface area contributed by atoms with Crippen LogP contribution in [0.1, 0.15) is 30.0 Å². The quantitative estimate of drug-likeness (QED) is 0.596. The maximum Gasteiger partial charge on any atom is 0.134 e. The van der Waals surface area contributed by atoms with Crippen LogP contribution in [0.2, 0.25) is 0 Å². The third kappa shape index (κ3) is 3.07. The zero-order valence-electron chi connectivity index (χ0n) is 12.6. The van der Waals surface area contributed by atoms with Crippen LogP contribution < -0.4 is 0 Å². The highest BCUT2D eigenvalue weighted by Crippen LogP contribution is 2.42. The molecule has 2 fully saturated rings. The molecule has 0 radical (unpaired) electrons. The minimum Gasteiger partial charge on any atom is -0.302 e. The van der Waals surface area contributed by atoms with Crippen LogP contribution in [0.3, 0.4) is 0 Å². The van der Waals surface area contributed by atoms with E-state index in [0.717, 1.165) is 18.1 Å². The Morgan fingerprint density at radius 3 is 2.86 bits per heavy atom. The number of hydrogen-bond donors (Lipinski definition) is 0. The van der Waals surface area contributed by atoms with Crippen molar-refractivity contribution in [1.82, 2.24) is 13.6 Å². The third-order valence-corrected chi connectivity index (χ3v) is 6.58. The minimum absolute atomic E-state index is 0.643. The average Bonchev–Trinajstić information content (AvgIpc) is 3.28. The number of rotatable bonds is 6. The van der Waals surface area contributed by atoms with Gasteiger partial charge in [-0.05, 0) is 43.0 Å². The maximum absolute atomic E-state index is 4.64. The van der Waals surface area contributed by atoms with E-state index in [1.165, 1.54) is 60.5 Å². The molecule has 22 heavy (non-hydrogen) atoms. The number of aryl methyl sites for hydroxylation is 1. The molecule has 4 rings (SSSR count). The summed E-state index contributed by atoms with van der Waals surface area (Å²) in [4.78, 5) is 2.58. The molecule has 2 aromatic rings. The lowest BCUT2D eigenvalue weighted by Crippen LogP contribution is -2.22. The molecule has 0 N–H and O–H groups in total. The van der Waals surface area contributed by atoms with Crippen LogP contribution in [0.4, 0.5) is 0 Å². The van der Waals surface area contributed by atoms with E-state index < -0.39 is 0 Å². The Morgan fingerprint density at radius 2 is 2.09 bits per heavy atom. The van der Waals surface area contributed by atoms with Gasteiger partial charge < -0.3 is 4.90 Å². The first-order valence-electron chi connectivity index (χ1n) is 8.11. The van der Waals surface area contributed by atoms with Crippen LogP contribution in [0.15, 0.2) is 35.4 Å². The molecule has 3 unspecified atom stereocenters. The van der Waals surface area contributed by atoms with Gasteiger partial charge in [-0.25, -0.2) is 0 Å². The van der Waals surface area contributed by atoms with Gasteiger partial charge in [0.15, 0.2) is 0 Å². The lowest BCUT2D eigenvalue weighted by atomic mass is 9.90. The van der Waals surface area contributed by atoms with E-state index in [0.29, 0.717) is 5.92 Å². The van der Waals surface area contributed by atoms with Crippen LogP contribution in [-0.2, 0) is 6.42 Å². The molecule has 3 heterocycles. The van der Waals surface area contributed by atoms with Gasteiger partial charge in [0.2, 0.25) is 0 Å². The summed E-state index contributed by atoms with van der Waals surface area (Å²) in [6.07, 6.45) is 3.70. The largest absolute Gasteiger partial charge is 0.302 e. The van der Waals surface area contributed by atoms with Gasteiger partial charge in [0, 0.05) is 19.0 Å². The molecule has 0 amide bonds. The molecule has 5 heteroatoms. The minimum atomic E-state index is 0.643. The number of benzene rings is 1. The standard InChI is InChI=1S/C17H21N3S2/c1-2-5-13(6-3-1)7-4-10-21-17-16(18-22-19-17)15-12-20-9-8-14(15)11-20/h1-3,5-6,14-15H,4,7-12H2. The first-order chi connectivity index (χ1) is 10.9. The van der Waals surface area contributed by atoms with Crippen LogP contribution in [-0.4, -0.2) is 39.0 Å². The fourth-order valence-corrected chi connectivity index (χ4v) is 5.41. The summed E-state index contributed by atoms with van der Waals surface area (Å²) in [7, 11) is 0. The summed E-state index contributed by atoms with van der Waals surface area (Å²) >= 11 is 3.30. The molecular formula is C17H21N3S2. The van der Waals surface area contributed by atoms with Crippen LogP contribution in [0.5, 0.6) is 0 Å². The van der Waals surface area contributed by atoms with Crippen molar-refractivity contribution in [2.75, 3.05) is 25.4 Å². The van der Waals surface area contributed by atoms with E-state index in [1.54, 1.807) is 0 Å². The zero-order chi connectivity index (χ0) is 14.8. The lowest BCUT2D eigenvalue weighted by molar-refractivity contribution is 0.342. The van der Waals surface area contributed by atoms with Crippen molar-refractivity contribution in [3.05, 3.63) is 41.6 Å². The predicted octanol–water partition coefficient (Wildman–Crippen LogP) is 3.68. The van der Waals surface area contributed by atoms with Gasteiger partial charge in [0.1, 0.15) is 5.03 Å². The second-order valence-corrected chi connectivity index (χ2v) is 7.92. The molecule has 3 nitrogen and oxygen atoms in total. The molecule has 0 aliphatic carbocycles. The van der Waals surface area contributed by atoms with Gasteiger partial charge in [-0.3, -0.25) is 0 Å². The van der Waals surface area contributed by atoms with Crippen molar-refractivity contribution in [1.29, 1.82) is 0 Å². The second kappa shape index (κ2) is 6.69. The Balaban J connectivity index is 1.31. The molecule has 0 saturated carbocycles. The molecule has 116 valence electrons. The number of fused-ring (bicyclic) bond motifs is 2. The van der Waals surface area contributed by atoms with Crippen LogP contribution >= 0.6 is 23.5 Å². The van der Waals surface area contributed by atoms with Gasteiger partial charge in [-0.15, -0.1) is 11.8 Å². The fraction of sp³-hybridized carbons (Fsp3) is 0.529. The predicted molar refractivity (Wildman–Crippen MR) is 92.7 cm³/mol. The summed E-state index contributed by atoms with van der Waals surface area (Å²) in [5, 5.41) is 1.21. The van der Waals surface area contributed by atoms with Crippen molar-refractivity contribution in [3.63, 3.8) is 0 Å². The van der Waals surface area contributed by atoms with Crippen molar-refractivity contribution in [2.24, 2.45) is 5.92 Å². The number of aromatic nitrogens is 2. The summed E-state index contributed by atoms with van der Waals surface area (Å²) in [6, 6.07) is 10.7. The van der Waals surface area contributed by atoms with Gasteiger partial charge in [0.05, 0.1) is 17.4 Å². The Bertz CT molecular complexity index is 613. The molecule has 2 bridgehead atoms. The number of thioether (sulfide) groups is 1. The fourth-order valence-electron chi connectivity index (χ4n) is 3.70. The highest BCUT2D eigenvalue weighted by molar-refractivity contribution is 7.99. The third-order valence-electron chi connectivity index (χ3n) is 4.86. The maximum atomic E-state index is 4.64. The van der Waals surface area contributed by atoms with E-state index in [4.69, 9.17) is 0 Å². The molecule has 2 aliphatic rings. The SMILES string of the molecule is c1ccc(CCCSc2nsnc2C2CN3CCC2C3)cc1. The Labute approximate surface area is 140 Å². The van der Waals surface area contributed by atoms with Crippen LogP contribution in [0.25, 0.3) is 0 Å². The van der Waals surface area contributed by atoms with Crippen LogP contribution in [0, 0.1) is 5.92 Å². The van der Waals surface area contributed by atoms with E-state index >= 15 is 0 Å². The average molecular weight is 332 g/mol. The Morgan fingerprint density at radius 1 is 1.18 bits per heavy atom. The normalized spacial score (nSPS) is 26.6. The summed E-state index contributed by atoms with van der Waals surface area (Å²) in [5.41, 5.74) is 2.72. The van der Waals surface area contributed by atoms with E-state index in [1.807, 2.05) is 11.8 Å². The van der Waals surface area contributed by atoms with E-state index in [2.05, 4.69) is 44.0 Å². The molecule has 1 aromatic carbocycles. The smallest absolute Gasteiger partial charge is 0.134 e. The highest BCUT2D eigenvalue weighted by Gasteiger charge is 2.41. The van der Waals surface area contributed by atoms with Crippen molar-refractivity contribution < 1.29 is 0 Å². The van der Waals surface area contributed by atoms with Gasteiger partial charge in [-0.1, -0.05) is 30.3 Å². The summed E-state index contributed by atoms with van der Waals surface area (Å²) in [6.45, 7) is 3.77. The summed E-state index contributed by atoms with van der Waals surface area (Å²) < 4.78 is 9.20. The topological polar surface area (TPSA) is 29.0 Å². The molecular weight excluding hydrogens is 310 g/mol. The molecule has 2 aliphatic heterocycles. The van der Waals surface area contributed by atoms with E-state index in [9.17, 15) is 0 Å². The molecule has 3 atom stereocenters. The zero-order valence-corrected chi connectivity index (χ0v) is 14.3. The Kier molecular flexibility index (Phi) is 4.46. The van der Waals surface area contributed by atoms with Crippen molar-refractivity contribution >= 4 is 23.5 Å². The number of hydrogen-bond acceptors (Lipinski definition) is 5. The lowest BCUT2D eigenvalue weighted by Gasteiger charge is -2.20. The number of piperidine rings is 1. The van der Waals surface area contributed by atoms with Gasteiger partial charge in [-0.2, -0.15) is 8.75 Å². The van der Waals surface area contributed by atoms with Gasteiger partial charge in [0.25, 0.3) is 0 Å². The second-order valence-electron chi connectivity index (χ2n) is 6.31. The molecule has 1 aromatic heterocycles. The van der Waals surface area contributed by atoms with Crippen molar-refractivity contribution in [3.8, 4) is 0 Å².